The van der Waals surface area contributed by atoms with E-state index in [1.807, 2.05) is 24.3 Å². The van der Waals surface area contributed by atoms with Crippen LogP contribution in [0.15, 0.2) is 70.4 Å². The third-order valence-corrected chi connectivity index (χ3v) is 5.58. The number of nitrogen functional groups attached to an aromatic ring is 1. The van der Waals surface area contributed by atoms with Gasteiger partial charge >= 0.3 is 0 Å². The lowest BCUT2D eigenvalue weighted by Crippen LogP contribution is -2.22. The Hall–Kier alpha value is -5.26. The Morgan fingerprint density at radius 2 is 1.97 bits per heavy atom. The molecule has 0 aliphatic carbocycles. The van der Waals surface area contributed by atoms with Crippen molar-refractivity contribution in [3.63, 3.8) is 0 Å². The molecular weight excluding hydrogens is 476 g/mol. The van der Waals surface area contributed by atoms with E-state index in [2.05, 4.69) is 54.0 Å². The van der Waals surface area contributed by atoms with Crippen LogP contribution in [0.5, 0.6) is 11.5 Å². The smallest absolute Gasteiger partial charge is 0.292 e. The molecule has 0 saturated carbocycles. The van der Waals surface area contributed by atoms with Crippen LogP contribution in [0.25, 0.3) is 16.6 Å². The minimum Gasteiger partial charge on any atom is -0.493 e. The van der Waals surface area contributed by atoms with Gasteiger partial charge < -0.3 is 15.2 Å². The van der Waals surface area contributed by atoms with Gasteiger partial charge in [-0.2, -0.15) is 9.78 Å². The zero-order valence-corrected chi connectivity index (χ0v) is 20.0. The summed E-state index contributed by atoms with van der Waals surface area (Å²) in [6.07, 6.45) is 1.48. The van der Waals surface area contributed by atoms with Gasteiger partial charge in [0.15, 0.2) is 17.2 Å². The fourth-order valence-corrected chi connectivity index (χ4v) is 3.78. The van der Waals surface area contributed by atoms with E-state index in [4.69, 9.17) is 15.2 Å². The molecule has 12 nitrogen and oxygen atoms in total. The van der Waals surface area contributed by atoms with Crippen molar-refractivity contribution in [2.75, 3.05) is 12.8 Å². The van der Waals surface area contributed by atoms with Crippen LogP contribution in [0.1, 0.15) is 27.3 Å². The van der Waals surface area contributed by atoms with Crippen molar-refractivity contribution in [1.29, 1.82) is 0 Å². The summed E-state index contributed by atoms with van der Waals surface area (Å²) in [7, 11) is 1.56. The number of anilines is 1. The van der Waals surface area contributed by atoms with E-state index in [0.29, 0.717) is 29.4 Å². The fourth-order valence-electron chi connectivity index (χ4n) is 3.78. The molecule has 5 rings (SSSR count). The standard InChI is InChI=1S/C25H22N8O4/c1-15-22(33(32-28-15)24-23(26)30-37-31-24)25(34)29-27-13-16-10-11-20(21(12-16)35-2)36-14-18-8-5-7-17-6-3-4-9-19(17)18/h3-13H,14H2,1-2H3,(H2,26,30)(H,29,34)/b27-13-. The van der Waals surface area contributed by atoms with Crippen molar-refractivity contribution in [3.8, 4) is 17.3 Å². The van der Waals surface area contributed by atoms with Gasteiger partial charge in [0.1, 0.15) is 6.61 Å². The average Bonchev–Trinajstić information content (AvgIpc) is 3.52. The molecule has 1 amide bonds. The molecule has 0 atom stereocenters. The number of ether oxygens (including phenoxy) is 2. The van der Waals surface area contributed by atoms with Crippen molar-refractivity contribution in [2.45, 2.75) is 13.5 Å². The Morgan fingerprint density at radius 1 is 1.14 bits per heavy atom. The predicted molar refractivity (Wildman–Crippen MR) is 135 cm³/mol. The van der Waals surface area contributed by atoms with Crippen LogP contribution in [-0.2, 0) is 6.61 Å². The minimum absolute atomic E-state index is 0.0303. The first-order chi connectivity index (χ1) is 18.0. The summed E-state index contributed by atoms with van der Waals surface area (Å²) in [5.41, 5.74) is 10.4. The number of benzene rings is 3. The molecule has 186 valence electrons. The van der Waals surface area contributed by atoms with E-state index in [1.165, 1.54) is 6.21 Å². The van der Waals surface area contributed by atoms with Gasteiger partial charge in [-0.25, -0.2) is 10.1 Å². The SMILES string of the molecule is COc1cc(/C=N\NC(=O)c2c(C)nnn2-c2nonc2N)ccc1OCc1cccc2ccccc12. The molecule has 0 saturated heterocycles. The van der Waals surface area contributed by atoms with Crippen LogP contribution in [0.2, 0.25) is 0 Å². The van der Waals surface area contributed by atoms with Crippen LogP contribution >= 0.6 is 0 Å². The van der Waals surface area contributed by atoms with Crippen LogP contribution in [0.3, 0.4) is 0 Å². The molecule has 12 heteroatoms. The molecule has 0 radical (unpaired) electrons. The Labute approximate surface area is 210 Å². The highest BCUT2D eigenvalue weighted by Gasteiger charge is 2.22. The quantitative estimate of drug-likeness (QED) is 0.242. The first-order valence-electron chi connectivity index (χ1n) is 11.2. The van der Waals surface area contributed by atoms with Gasteiger partial charge in [-0.05, 0) is 57.3 Å². The first-order valence-corrected chi connectivity index (χ1v) is 11.2. The van der Waals surface area contributed by atoms with Crippen LogP contribution < -0.4 is 20.6 Å². The second kappa shape index (κ2) is 10.2. The largest absolute Gasteiger partial charge is 0.493 e. The molecule has 2 heterocycles. The highest BCUT2D eigenvalue weighted by atomic mass is 16.6. The van der Waals surface area contributed by atoms with Crippen molar-refractivity contribution in [1.82, 2.24) is 30.7 Å². The molecule has 3 aromatic carbocycles. The number of nitrogens with zero attached hydrogens (tertiary/aromatic N) is 6. The molecule has 5 aromatic rings. The molecule has 0 aliphatic heterocycles. The Balaban J connectivity index is 1.28. The maximum Gasteiger partial charge on any atom is 0.292 e. The van der Waals surface area contributed by atoms with Gasteiger partial charge in [0, 0.05) is 0 Å². The Kier molecular flexibility index (Phi) is 6.45. The Morgan fingerprint density at radius 3 is 2.78 bits per heavy atom. The number of hydrogen-bond donors (Lipinski definition) is 2. The van der Waals surface area contributed by atoms with E-state index >= 15 is 0 Å². The number of fused-ring (bicyclic) bond motifs is 1. The van der Waals surface area contributed by atoms with E-state index in [1.54, 1.807) is 32.2 Å². The zero-order valence-electron chi connectivity index (χ0n) is 20.0. The van der Waals surface area contributed by atoms with E-state index in [0.717, 1.165) is 21.0 Å². The number of carbonyl (C=O) groups excluding carboxylic acids is 1. The molecule has 0 fully saturated rings. The number of amides is 1. The summed E-state index contributed by atoms with van der Waals surface area (Å²) < 4.78 is 17.3. The summed E-state index contributed by atoms with van der Waals surface area (Å²) in [6.45, 7) is 2.00. The van der Waals surface area contributed by atoms with Crippen LogP contribution in [0, 0.1) is 6.92 Å². The molecule has 37 heavy (non-hydrogen) atoms. The van der Waals surface area contributed by atoms with Gasteiger partial charge in [-0.15, -0.1) is 5.10 Å². The summed E-state index contributed by atoms with van der Waals surface area (Å²) in [6, 6.07) is 19.6. The van der Waals surface area contributed by atoms with Crippen molar-refractivity contribution >= 4 is 28.7 Å². The first kappa shape index (κ1) is 23.5. The number of rotatable bonds is 8. The summed E-state index contributed by atoms with van der Waals surface area (Å²) in [4.78, 5) is 12.7. The summed E-state index contributed by atoms with van der Waals surface area (Å²) >= 11 is 0. The number of nitrogens with two attached hydrogens (primary N) is 1. The molecular formula is C25H22N8O4. The monoisotopic (exact) mass is 498 g/mol. The number of hydrazone groups is 1. The van der Waals surface area contributed by atoms with Gasteiger partial charge in [0.2, 0.25) is 11.6 Å². The maximum atomic E-state index is 12.7. The minimum atomic E-state index is -0.567. The second-order valence-corrected chi connectivity index (χ2v) is 7.94. The maximum absolute atomic E-state index is 12.7. The zero-order chi connectivity index (χ0) is 25.8. The number of aromatic nitrogens is 5. The molecule has 2 aromatic heterocycles. The number of carbonyl (C=O) groups is 1. The van der Waals surface area contributed by atoms with Gasteiger partial charge in [0.25, 0.3) is 5.91 Å². The van der Waals surface area contributed by atoms with Gasteiger partial charge in [-0.1, -0.05) is 47.7 Å². The van der Waals surface area contributed by atoms with Crippen molar-refractivity contribution in [2.24, 2.45) is 5.10 Å². The fraction of sp³-hybridized carbons (Fsp3) is 0.120. The third kappa shape index (κ3) is 4.80. The third-order valence-electron chi connectivity index (χ3n) is 5.58. The van der Waals surface area contributed by atoms with Crippen LogP contribution in [-0.4, -0.2) is 44.5 Å². The van der Waals surface area contributed by atoms with E-state index < -0.39 is 5.91 Å². The number of aryl methyl sites for hydroxylation is 1. The number of hydrogen-bond acceptors (Lipinski definition) is 10. The van der Waals surface area contributed by atoms with Crippen molar-refractivity contribution < 1.29 is 18.9 Å². The summed E-state index contributed by atoms with van der Waals surface area (Å²) in [5, 5.41) is 21.2. The van der Waals surface area contributed by atoms with Gasteiger partial charge in [-0.3, -0.25) is 4.79 Å². The topological polar surface area (TPSA) is 156 Å². The lowest BCUT2D eigenvalue weighted by atomic mass is 10.1. The van der Waals surface area contributed by atoms with Gasteiger partial charge in [0.05, 0.1) is 19.0 Å². The predicted octanol–water partition coefficient (Wildman–Crippen LogP) is 3.05. The molecule has 0 unspecified atom stereocenters. The lowest BCUT2D eigenvalue weighted by molar-refractivity contribution is 0.0946. The van der Waals surface area contributed by atoms with E-state index in [9.17, 15) is 4.79 Å². The average molecular weight is 499 g/mol. The normalized spacial score (nSPS) is 11.2. The number of methoxy groups -OCH3 is 1. The highest BCUT2D eigenvalue weighted by Crippen LogP contribution is 2.29. The molecule has 0 spiro atoms. The highest BCUT2D eigenvalue weighted by molar-refractivity contribution is 5.95. The Bertz CT molecular complexity index is 1600. The number of nitrogens with one attached hydrogen (secondary N) is 1. The second-order valence-electron chi connectivity index (χ2n) is 7.94. The van der Waals surface area contributed by atoms with E-state index in [-0.39, 0.29) is 17.3 Å². The molecule has 3 N–H and O–H groups in total. The lowest BCUT2D eigenvalue weighted by Gasteiger charge is -2.12. The summed E-state index contributed by atoms with van der Waals surface area (Å²) in [5.74, 6) is 0.572. The van der Waals surface area contributed by atoms with Crippen molar-refractivity contribution in [3.05, 3.63) is 83.2 Å². The van der Waals surface area contributed by atoms with Crippen LogP contribution in [0.4, 0.5) is 5.82 Å². The molecule has 0 bridgehead atoms. The molecule has 0 aliphatic rings.